The molecule has 1 aliphatic rings. The summed E-state index contributed by atoms with van der Waals surface area (Å²) in [6, 6.07) is 8.43. The average Bonchev–Trinajstić information content (AvgIpc) is 2.67. The van der Waals surface area contributed by atoms with Crippen molar-refractivity contribution in [1.82, 2.24) is 9.55 Å². The number of aryl methyl sites for hydroxylation is 2. The molecule has 1 atom stereocenters. The lowest BCUT2D eigenvalue weighted by molar-refractivity contribution is 0.0342. The molecule has 0 saturated heterocycles. The number of benzene rings is 1. The van der Waals surface area contributed by atoms with Crippen LogP contribution in [0, 0.1) is 12.8 Å². The van der Waals surface area contributed by atoms with E-state index < -0.39 is 0 Å². The molecule has 1 aromatic heterocycles. The quantitative estimate of drug-likeness (QED) is 0.934. The number of aromatic nitrogens is 2. The Kier molecular flexibility index (Phi) is 3.69. The summed E-state index contributed by atoms with van der Waals surface area (Å²) in [6.45, 7) is 2.02. The normalized spacial score (nSPS) is 23.4. The largest absolute Gasteiger partial charge is 0.393 e. The first kappa shape index (κ1) is 13.8. The third kappa shape index (κ3) is 2.54. The van der Waals surface area contributed by atoms with Gasteiger partial charge < -0.3 is 9.67 Å². The number of hydrogen-bond donors (Lipinski definition) is 1. The molecule has 0 amide bonds. The second-order valence-corrected chi connectivity index (χ2v) is 6.69. The predicted molar refractivity (Wildman–Crippen MR) is 82.7 cm³/mol. The maximum absolute atomic E-state index is 9.65. The molecule has 4 heteroatoms. The van der Waals surface area contributed by atoms with E-state index in [2.05, 4.69) is 51.9 Å². The van der Waals surface area contributed by atoms with Crippen LogP contribution in [0.1, 0.15) is 35.8 Å². The monoisotopic (exact) mass is 334 g/mol. The van der Waals surface area contributed by atoms with E-state index >= 15 is 0 Å². The highest BCUT2D eigenvalue weighted by Gasteiger charge is 2.37. The summed E-state index contributed by atoms with van der Waals surface area (Å²) in [7, 11) is 2.05. The predicted octanol–water partition coefficient (Wildman–Crippen LogP) is 3.39. The molecule has 1 N–H and O–H groups in total. The minimum Gasteiger partial charge on any atom is -0.393 e. The zero-order valence-electron chi connectivity index (χ0n) is 11.8. The lowest BCUT2D eigenvalue weighted by Gasteiger charge is -2.37. The Labute approximate surface area is 127 Å². The highest BCUT2D eigenvalue weighted by Crippen LogP contribution is 2.43. The lowest BCUT2D eigenvalue weighted by Crippen LogP contribution is -2.34. The first-order chi connectivity index (χ1) is 9.54. The van der Waals surface area contributed by atoms with Gasteiger partial charge in [0.2, 0.25) is 0 Å². The summed E-state index contributed by atoms with van der Waals surface area (Å²) < 4.78 is 3.21. The molecular weight excluding hydrogens is 316 g/mol. The van der Waals surface area contributed by atoms with Crippen molar-refractivity contribution in [3.05, 3.63) is 52.0 Å². The van der Waals surface area contributed by atoms with E-state index in [1.807, 2.05) is 13.0 Å². The third-order valence-electron chi connectivity index (χ3n) is 4.14. The molecule has 1 fully saturated rings. The zero-order valence-corrected chi connectivity index (χ0v) is 13.3. The maximum atomic E-state index is 9.65. The zero-order chi connectivity index (χ0) is 14.3. The molecular formula is C16H19BrN2O. The van der Waals surface area contributed by atoms with E-state index in [-0.39, 0.29) is 12.0 Å². The second kappa shape index (κ2) is 5.34. The summed E-state index contributed by atoms with van der Waals surface area (Å²) in [4.78, 5) is 4.71. The van der Waals surface area contributed by atoms with Gasteiger partial charge in [-0.25, -0.2) is 4.98 Å². The van der Waals surface area contributed by atoms with Crippen LogP contribution in [0.2, 0.25) is 0 Å². The number of nitrogens with zero attached hydrogens (tertiary/aromatic N) is 2. The summed E-state index contributed by atoms with van der Waals surface area (Å²) in [5.41, 5.74) is 2.31. The molecule has 1 aliphatic carbocycles. The van der Waals surface area contributed by atoms with Gasteiger partial charge in [0.05, 0.1) is 11.8 Å². The van der Waals surface area contributed by atoms with E-state index in [1.165, 1.54) is 5.56 Å². The minimum absolute atomic E-state index is 0.143. The highest BCUT2D eigenvalue weighted by molar-refractivity contribution is 9.10. The van der Waals surface area contributed by atoms with Gasteiger partial charge >= 0.3 is 0 Å². The summed E-state index contributed by atoms with van der Waals surface area (Å²) in [6.07, 6.45) is 3.65. The van der Waals surface area contributed by atoms with Crippen molar-refractivity contribution in [3.63, 3.8) is 0 Å². The van der Waals surface area contributed by atoms with Crippen LogP contribution in [-0.2, 0) is 7.05 Å². The smallest absolute Gasteiger partial charge is 0.116 e. The van der Waals surface area contributed by atoms with E-state index in [0.29, 0.717) is 5.92 Å². The van der Waals surface area contributed by atoms with Crippen molar-refractivity contribution >= 4 is 15.9 Å². The summed E-state index contributed by atoms with van der Waals surface area (Å²) >= 11 is 3.55. The fourth-order valence-corrected chi connectivity index (χ4v) is 3.57. The van der Waals surface area contributed by atoms with Gasteiger partial charge in [0.1, 0.15) is 5.82 Å². The number of hydrogen-bond acceptors (Lipinski definition) is 2. The number of rotatable bonds is 3. The van der Waals surface area contributed by atoms with Gasteiger partial charge in [0.25, 0.3) is 0 Å². The van der Waals surface area contributed by atoms with Crippen LogP contribution in [0.4, 0.5) is 0 Å². The van der Waals surface area contributed by atoms with Crippen LogP contribution in [0.15, 0.2) is 34.9 Å². The van der Waals surface area contributed by atoms with Crippen LogP contribution >= 0.6 is 15.9 Å². The second-order valence-electron chi connectivity index (χ2n) is 5.77. The molecule has 0 radical (unpaired) electrons. The Hall–Kier alpha value is -1.13. The molecule has 2 aromatic rings. The molecule has 1 heterocycles. The van der Waals surface area contributed by atoms with Crippen LogP contribution in [0.25, 0.3) is 0 Å². The van der Waals surface area contributed by atoms with E-state index in [9.17, 15) is 5.11 Å². The molecule has 1 aromatic carbocycles. The Balaban J connectivity index is 2.02. The number of halogens is 1. The van der Waals surface area contributed by atoms with Gasteiger partial charge in [-0.15, -0.1) is 0 Å². The molecule has 3 nitrogen and oxygen atoms in total. The Morgan fingerprint density at radius 2 is 2.15 bits per heavy atom. The van der Waals surface area contributed by atoms with Crippen LogP contribution in [0.5, 0.6) is 0 Å². The molecule has 0 bridgehead atoms. The fraction of sp³-hybridized carbons (Fsp3) is 0.438. The topological polar surface area (TPSA) is 38.0 Å². The first-order valence-electron chi connectivity index (χ1n) is 6.98. The summed E-state index contributed by atoms with van der Waals surface area (Å²) in [5, 5.41) is 9.65. The van der Waals surface area contributed by atoms with Gasteiger partial charge in [0, 0.05) is 23.6 Å². The first-order valence-corrected chi connectivity index (χ1v) is 7.77. The highest BCUT2D eigenvalue weighted by atomic mass is 79.9. The number of aliphatic hydroxyl groups is 1. The van der Waals surface area contributed by atoms with Crippen molar-refractivity contribution in [1.29, 1.82) is 0 Å². The molecule has 1 saturated carbocycles. The van der Waals surface area contributed by atoms with Crippen molar-refractivity contribution in [2.45, 2.75) is 31.8 Å². The fourth-order valence-electron chi connectivity index (χ4n) is 3.16. The molecule has 3 rings (SSSR count). The number of aliphatic hydroxyl groups excluding tert-OH is 1. The minimum atomic E-state index is -0.143. The Bertz CT molecular complexity index is 617. The lowest BCUT2D eigenvalue weighted by atomic mass is 9.71. The van der Waals surface area contributed by atoms with Gasteiger partial charge in [-0.3, -0.25) is 0 Å². The average molecular weight is 335 g/mol. The van der Waals surface area contributed by atoms with Gasteiger partial charge in [-0.05, 0) is 43.4 Å². The van der Waals surface area contributed by atoms with Crippen LogP contribution < -0.4 is 0 Å². The standard InChI is InChI=1S/C16H19BrN2O/c1-10-9-19(2)16(18-10)15(12-7-14(20)8-12)11-4-3-5-13(17)6-11/h3-6,9,12,14-15,20H,7-8H2,1-2H3. The molecule has 0 aliphatic heterocycles. The third-order valence-corrected chi connectivity index (χ3v) is 4.63. The Morgan fingerprint density at radius 1 is 1.40 bits per heavy atom. The van der Waals surface area contributed by atoms with Crippen molar-refractivity contribution < 1.29 is 5.11 Å². The van der Waals surface area contributed by atoms with E-state index in [1.54, 1.807) is 0 Å². The van der Waals surface area contributed by atoms with E-state index in [4.69, 9.17) is 4.98 Å². The van der Waals surface area contributed by atoms with Crippen molar-refractivity contribution in [2.24, 2.45) is 13.0 Å². The molecule has 0 spiro atoms. The van der Waals surface area contributed by atoms with E-state index in [0.717, 1.165) is 28.8 Å². The van der Waals surface area contributed by atoms with Crippen LogP contribution in [0.3, 0.4) is 0 Å². The molecule has 20 heavy (non-hydrogen) atoms. The SMILES string of the molecule is Cc1cn(C)c(C(c2cccc(Br)c2)C2CC(O)C2)n1. The van der Waals surface area contributed by atoms with Crippen molar-refractivity contribution in [3.8, 4) is 0 Å². The molecule has 106 valence electrons. The van der Waals surface area contributed by atoms with Crippen LogP contribution in [-0.4, -0.2) is 20.8 Å². The van der Waals surface area contributed by atoms with Gasteiger partial charge in [0.15, 0.2) is 0 Å². The molecule has 1 unspecified atom stereocenters. The van der Waals surface area contributed by atoms with Gasteiger partial charge in [-0.2, -0.15) is 0 Å². The van der Waals surface area contributed by atoms with Crippen molar-refractivity contribution in [2.75, 3.05) is 0 Å². The maximum Gasteiger partial charge on any atom is 0.116 e. The van der Waals surface area contributed by atoms with Gasteiger partial charge in [-0.1, -0.05) is 28.1 Å². The Morgan fingerprint density at radius 3 is 2.70 bits per heavy atom. The number of imidazole rings is 1. The summed E-state index contributed by atoms with van der Waals surface area (Å²) in [5.74, 6) is 1.83.